The molecular weight excluding hydrogens is 681 g/mol. The monoisotopic (exact) mass is 734 g/mol. The number of hydrogen-bond donors (Lipinski definition) is 5. The van der Waals surface area contributed by atoms with Gasteiger partial charge in [-0.05, 0) is 92.7 Å². The summed E-state index contributed by atoms with van der Waals surface area (Å²) < 4.78 is 6.37. The number of aliphatic hydroxyl groups excluding tert-OH is 1. The highest BCUT2D eigenvalue weighted by atomic mass is 32.2. The van der Waals surface area contributed by atoms with E-state index >= 15 is 0 Å². The first-order valence-corrected chi connectivity index (χ1v) is 19.5. The number of carboxylic acids is 1. The van der Waals surface area contributed by atoms with Crippen LogP contribution in [0.4, 0.5) is 5.69 Å². The van der Waals surface area contributed by atoms with E-state index in [2.05, 4.69) is 38.0 Å². The number of benzene rings is 2. The van der Waals surface area contributed by atoms with Crippen molar-refractivity contribution in [2.45, 2.75) is 102 Å². The number of anilines is 1. The lowest BCUT2D eigenvalue weighted by atomic mass is 9.44. The van der Waals surface area contributed by atoms with Crippen LogP contribution in [0, 0.1) is 34.0 Å². The molecule has 3 aliphatic carbocycles. The smallest absolute Gasteiger partial charge is 0.339 e. The lowest BCUT2D eigenvalue weighted by Crippen LogP contribution is -2.63. The molecule has 0 spiro atoms. The summed E-state index contributed by atoms with van der Waals surface area (Å²) in [7, 11) is 0. The van der Waals surface area contributed by atoms with Crippen LogP contribution in [0.2, 0.25) is 0 Å². The normalized spacial score (nSPS) is 34.0. The van der Waals surface area contributed by atoms with Gasteiger partial charge in [-0.3, -0.25) is 14.4 Å². The lowest BCUT2D eigenvalue weighted by Gasteiger charge is -2.61. The second-order valence-corrected chi connectivity index (χ2v) is 16.7. The second kappa shape index (κ2) is 16.1. The number of carboxylic acid groups (broad SMARTS) is 1. The molecule has 0 radical (unpaired) electrons. The topological polar surface area (TPSA) is 162 Å². The zero-order chi connectivity index (χ0) is 37.8. The van der Waals surface area contributed by atoms with Crippen molar-refractivity contribution >= 4 is 41.1 Å². The number of phenols is 1. The van der Waals surface area contributed by atoms with E-state index in [9.17, 15) is 24.3 Å². The van der Waals surface area contributed by atoms with Crippen LogP contribution < -0.4 is 10.6 Å². The Bertz CT molecular complexity index is 1660. The van der Waals surface area contributed by atoms with Crippen molar-refractivity contribution in [1.29, 1.82) is 0 Å². The largest absolute Gasteiger partial charge is 0.507 e. The molecule has 2 aromatic rings. The number of piperidine rings is 1. The maximum atomic E-state index is 13.6. The fraction of sp³-hybridized carbons (Fsp3) is 0.561. The molecule has 282 valence electrons. The first kappa shape index (κ1) is 39.5. The van der Waals surface area contributed by atoms with E-state index in [1.165, 1.54) is 23.9 Å². The lowest BCUT2D eigenvalue weighted by molar-refractivity contribution is -0.205. The molecule has 1 heterocycles. The predicted octanol–water partition coefficient (Wildman–Crippen LogP) is 6.86. The average molecular weight is 735 g/mol. The van der Waals surface area contributed by atoms with E-state index in [-0.39, 0.29) is 63.9 Å². The van der Waals surface area contributed by atoms with E-state index in [1.54, 1.807) is 12.1 Å². The van der Waals surface area contributed by atoms with Crippen LogP contribution in [-0.4, -0.2) is 69.5 Å². The Kier molecular flexibility index (Phi) is 12.3. The predicted molar refractivity (Wildman–Crippen MR) is 201 cm³/mol. The summed E-state index contributed by atoms with van der Waals surface area (Å²) in [4.78, 5) is 50.9. The molecule has 4 aliphatic rings. The number of carbonyl (C=O) groups is 4. The molecule has 10 nitrogen and oxygen atoms in total. The highest BCUT2D eigenvalue weighted by molar-refractivity contribution is 8.00. The molecule has 2 aromatic carbocycles. The molecule has 3 saturated carbocycles. The maximum absolute atomic E-state index is 13.6. The highest BCUT2D eigenvalue weighted by Crippen LogP contribution is 2.68. The Hall–Kier alpha value is -3.67. The molecule has 2 bridgehead atoms. The van der Waals surface area contributed by atoms with Gasteiger partial charge in [-0.25, -0.2) is 4.79 Å². The minimum atomic E-state index is -1.11. The minimum absolute atomic E-state index is 0.0327. The zero-order valence-electron chi connectivity index (χ0n) is 30.7. The first-order valence-electron chi connectivity index (χ1n) is 18.5. The summed E-state index contributed by atoms with van der Waals surface area (Å²) in [5, 5.41) is 35.3. The van der Waals surface area contributed by atoms with Gasteiger partial charge in [0.05, 0.1) is 17.9 Å². The van der Waals surface area contributed by atoms with Gasteiger partial charge >= 0.3 is 11.9 Å². The van der Waals surface area contributed by atoms with Gasteiger partial charge in [0.1, 0.15) is 23.2 Å². The minimum Gasteiger partial charge on any atom is -0.507 e. The molecule has 5 N–H and O–H groups in total. The number of Topliss-reactive ketones (excluding diaryl/α,β-unsaturated/α-hetero) is 1. The van der Waals surface area contributed by atoms with Gasteiger partial charge in [0.25, 0.3) is 0 Å². The van der Waals surface area contributed by atoms with Crippen LogP contribution in [0.25, 0.3) is 0 Å². The summed E-state index contributed by atoms with van der Waals surface area (Å²) in [6.45, 7) is 13.4. The number of rotatable bonds is 8. The quantitative estimate of drug-likeness (QED) is 0.110. The Morgan fingerprint density at radius 1 is 1.08 bits per heavy atom. The summed E-state index contributed by atoms with van der Waals surface area (Å²) in [6, 6.07) is 13.2. The number of carbonyl (C=O) groups excluding carboxylic acids is 3. The summed E-state index contributed by atoms with van der Waals surface area (Å²) in [6.07, 6.45) is 7.17. The van der Waals surface area contributed by atoms with E-state index in [0.717, 1.165) is 50.0 Å². The molecule has 1 unspecified atom stereocenters. The number of ether oxygens (including phenoxy) is 1. The third-order valence-corrected chi connectivity index (χ3v) is 13.8. The molecule has 11 heteroatoms. The Labute approximate surface area is 311 Å². The third-order valence-electron chi connectivity index (χ3n) is 12.8. The van der Waals surface area contributed by atoms with Crippen LogP contribution in [-0.2, 0) is 19.1 Å². The van der Waals surface area contributed by atoms with Crippen molar-refractivity contribution in [3.8, 4) is 5.75 Å². The zero-order valence-corrected chi connectivity index (χ0v) is 31.5. The number of aromatic carboxylic acids is 1. The maximum Gasteiger partial charge on any atom is 0.339 e. The first-order chi connectivity index (χ1) is 24.7. The van der Waals surface area contributed by atoms with Gasteiger partial charge in [-0.1, -0.05) is 58.4 Å². The number of aliphatic hydroxyl groups is 1. The number of esters is 1. The van der Waals surface area contributed by atoms with Crippen LogP contribution >= 0.6 is 11.8 Å². The van der Waals surface area contributed by atoms with Gasteiger partial charge < -0.3 is 30.7 Å². The van der Waals surface area contributed by atoms with Gasteiger partial charge in [0.2, 0.25) is 5.91 Å². The van der Waals surface area contributed by atoms with E-state index in [0.29, 0.717) is 18.5 Å². The number of amides is 1. The number of aromatic hydroxyl groups is 1. The van der Waals surface area contributed by atoms with Crippen molar-refractivity contribution in [1.82, 2.24) is 5.32 Å². The summed E-state index contributed by atoms with van der Waals surface area (Å²) in [5.74, 6) is -1.43. The van der Waals surface area contributed by atoms with E-state index in [4.69, 9.17) is 14.9 Å². The number of nitrogens with one attached hydrogen (secondary N) is 2. The van der Waals surface area contributed by atoms with Gasteiger partial charge in [-0.15, -0.1) is 18.3 Å². The molecule has 9 atom stereocenters. The SMILES string of the molecule is C=C[C@]1(C)C[C@@H](OC(=O)CSc2cccc(NC(=O)C3CCCCN3)c2)[C@]2(C)[C@H](C)CC[C@]3(CCC(=O)[C@H]32)[C@@H](C)[C@@H]1O.O=C(O)c1ccccc1O. The Morgan fingerprint density at radius 2 is 1.83 bits per heavy atom. The van der Waals surface area contributed by atoms with Crippen molar-refractivity contribution in [3.63, 3.8) is 0 Å². The van der Waals surface area contributed by atoms with Gasteiger partial charge in [0, 0.05) is 33.8 Å². The number of ketones is 1. The molecule has 0 aromatic heterocycles. The molecule has 1 amide bonds. The Balaban J connectivity index is 0.000000452. The van der Waals surface area contributed by atoms with Crippen LogP contribution in [0.3, 0.4) is 0 Å². The van der Waals surface area contributed by atoms with Crippen LogP contribution in [0.5, 0.6) is 5.75 Å². The number of thioether (sulfide) groups is 1. The van der Waals surface area contributed by atoms with E-state index < -0.39 is 29.0 Å². The van der Waals surface area contributed by atoms with Crippen LogP contribution in [0.15, 0.2) is 66.1 Å². The molecule has 1 saturated heterocycles. The summed E-state index contributed by atoms with van der Waals surface area (Å²) >= 11 is 1.37. The standard InChI is InChI=1S/C34H48N2O5S.C7H6O3/c1-6-32(4)19-27(33(5)21(2)13-15-34(22(3)30(32)39)16-14-26(37)29(33)34)41-28(38)20-42-24-11-9-10-23(18-24)36-31(40)25-12-7-8-17-35-25;8-6-4-2-1-3-5(6)7(9)10/h6,9-11,18,21-22,25,27,29-30,35,39H,1,7-8,12-17,19-20H2,2-5H3,(H,36,40);1-4,8H,(H,9,10)/t21-,22+,25?,27-,29+,30+,32-,33+,34+;/m1./s1. The summed E-state index contributed by atoms with van der Waals surface area (Å²) in [5.41, 5.74) is -0.834. The van der Waals surface area contributed by atoms with E-state index in [1.807, 2.05) is 37.3 Å². The molecular formula is C41H54N2O8S. The molecule has 1 aliphatic heterocycles. The fourth-order valence-corrected chi connectivity index (χ4v) is 10.2. The van der Waals surface area contributed by atoms with Crippen molar-refractivity contribution in [2.75, 3.05) is 17.6 Å². The number of hydrogen-bond acceptors (Lipinski definition) is 9. The molecule has 4 fully saturated rings. The fourth-order valence-electron chi connectivity index (χ4n) is 9.46. The van der Waals surface area contributed by atoms with Gasteiger partial charge in [-0.2, -0.15) is 0 Å². The van der Waals surface area contributed by atoms with Crippen molar-refractivity contribution < 1.29 is 39.2 Å². The molecule has 6 rings (SSSR count). The highest BCUT2D eigenvalue weighted by Gasteiger charge is 2.68. The van der Waals surface area contributed by atoms with Crippen molar-refractivity contribution in [2.24, 2.45) is 34.0 Å². The Morgan fingerprint density at radius 3 is 2.48 bits per heavy atom. The van der Waals surface area contributed by atoms with Crippen LogP contribution in [0.1, 0.15) is 89.4 Å². The van der Waals surface area contributed by atoms with Crippen molar-refractivity contribution in [3.05, 3.63) is 66.7 Å². The third kappa shape index (κ3) is 7.82. The second-order valence-electron chi connectivity index (χ2n) is 15.7. The van der Waals surface area contributed by atoms with Gasteiger partial charge in [0.15, 0.2) is 0 Å². The molecule has 52 heavy (non-hydrogen) atoms. The number of para-hydroxylation sites is 1. The average Bonchev–Trinajstić information content (AvgIpc) is 3.49.